The zero-order valence-electron chi connectivity index (χ0n) is 9.70. The van der Waals surface area contributed by atoms with Gasteiger partial charge in [-0.15, -0.1) is 0 Å². The van der Waals surface area contributed by atoms with Crippen molar-refractivity contribution in [2.24, 2.45) is 5.41 Å². The molecular formula is C12H17NO2. The normalized spacial score (nSPS) is 11.2. The van der Waals surface area contributed by atoms with Crippen molar-refractivity contribution in [1.82, 2.24) is 4.98 Å². The molecule has 82 valence electrons. The fourth-order valence-electron chi connectivity index (χ4n) is 1.33. The first kappa shape index (κ1) is 11.7. The van der Waals surface area contributed by atoms with Gasteiger partial charge >= 0.3 is 0 Å². The molecule has 0 amide bonds. The molecule has 0 saturated carbocycles. The van der Waals surface area contributed by atoms with Crippen LogP contribution < -0.4 is 4.74 Å². The molecule has 0 spiro atoms. The first-order valence-corrected chi connectivity index (χ1v) is 4.96. The van der Waals surface area contributed by atoms with Crippen LogP contribution in [0.25, 0.3) is 0 Å². The van der Waals surface area contributed by atoms with Crippen LogP contribution in [0, 0.1) is 5.41 Å². The predicted octanol–water partition coefficient (Wildman–Crippen LogP) is 2.71. The summed E-state index contributed by atoms with van der Waals surface area (Å²) >= 11 is 0. The Kier molecular flexibility index (Phi) is 3.45. The van der Waals surface area contributed by atoms with Gasteiger partial charge in [0, 0.05) is 12.6 Å². The number of hydrogen-bond donors (Lipinski definition) is 0. The molecule has 1 rings (SSSR count). The molecule has 0 aliphatic heterocycles. The van der Waals surface area contributed by atoms with Gasteiger partial charge in [-0.2, -0.15) is 0 Å². The highest BCUT2D eigenvalue weighted by Gasteiger charge is 2.20. The largest absolute Gasteiger partial charge is 0.494 e. The first-order chi connectivity index (χ1) is 6.94. The predicted molar refractivity (Wildman–Crippen MR) is 59.2 cm³/mol. The zero-order valence-corrected chi connectivity index (χ0v) is 9.70. The molecule has 0 aliphatic rings. The second kappa shape index (κ2) is 4.43. The molecular weight excluding hydrogens is 190 g/mol. The molecule has 0 aliphatic carbocycles. The van der Waals surface area contributed by atoms with E-state index < -0.39 is 0 Å². The Hall–Kier alpha value is -1.38. The van der Waals surface area contributed by atoms with E-state index in [9.17, 15) is 4.79 Å². The Morgan fingerprint density at radius 1 is 1.47 bits per heavy atom. The minimum Gasteiger partial charge on any atom is -0.494 e. The van der Waals surface area contributed by atoms with E-state index >= 15 is 0 Å². The topological polar surface area (TPSA) is 39.2 Å². The number of Topliss-reactive ketones (excluding diaryl/α,β-unsaturated/α-hetero) is 1. The van der Waals surface area contributed by atoms with E-state index in [1.807, 2.05) is 20.8 Å². The average molecular weight is 207 g/mol. The van der Waals surface area contributed by atoms with E-state index in [-0.39, 0.29) is 11.2 Å². The van der Waals surface area contributed by atoms with Gasteiger partial charge in [0.1, 0.15) is 11.4 Å². The summed E-state index contributed by atoms with van der Waals surface area (Å²) in [7, 11) is 1.55. The lowest BCUT2D eigenvalue weighted by molar-refractivity contribution is 0.0931. The van der Waals surface area contributed by atoms with E-state index in [2.05, 4.69) is 4.98 Å². The Labute approximate surface area is 90.5 Å². The minimum atomic E-state index is -0.0282. The summed E-state index contributed by atoms with van der Waals surface area (Å²) in [6.07, 6.45) is 2.08. The van der Waals surface area contributed by atoms with Crippen LogP contribution in [0.5, 0.6) is 5.75 Å². The molecule has 0 N–H and O–H groups in total. The van der Waals surface area contributed by atoms with Gasteiger partial charge in [-0.25, -0.2) is 4.98 Å². The molecule has 0 unspecified atom stereocenters. The summed E-state index contributed by atoms with van der Waals surface area (Å²) in [6.45, 7) is 6.08. The molecule has 3 nitrogen and oxygen atoms in total. The number of aromatic nitrogens is 1. The smallest absolute Gasteiger partial charge is 0.185 e. The van der Waals surface area contributed by atoms with Gasteiger partial charge in [-0.3, -0.25) is 4.79 Å². The number of hydrogen-bond acceptors (Lipinski definition) is 3. The maximum Gasteiger partial charge on any atom is 0.185 e. The number of ether oxygens (including phenoxy) is 1. The maximum absolute atomic E-state index is 11.9. The summed E-state index contributed by atoms with van der Waals surface area (Å²) in [6, 6.07) is 3.51. The Balaban J connectivity index is 2.91. The van der Waals surface area contributed by atoms with Crippen LogP contribution in [0.15, 0.2) is 18.3 Å². The Morgan fingerprint density at radius 2 is 2.13 bits per heavy atom. The number of ketones is 1. The molecule has 0 radical (unpaired) electrons. The molecule has 1 aromatic rings. The van der Waals surface area contributed by atoms with E-state index in [4.69, 9.17) is 4.74 Å². The van der Waals surface area contributed by atoms with Crippen LogP contribution in [0.4, 0.5) is 0 Å². The SMILES string of the molecule is COc1cccnc1C(=O)CC(C)(C)C. The van der Waals surface area contributed by atoms with Crippen LogP contribution >= 0.6 is 0 Å². The van der Waals surface area contributed by atoms with Crippen LogP contribution in [-0.2, 0) is 0 Å². The molecule has 0 atom stereocenters. The van der Waals surface area contributed by atoms with Crippen molar-refractivity contribution < 1.29 is 9.53 Å². The number of nitrogens with zero attached hydrogens (tertiary/aromatic N) is 1. The second-order valence-electron chi connectivity index (χ2n) is 4.71. The molecule has 0 aromatic carbocycles. The standard InChI is InChI=1S/C12H17NO2/c1-12(2,3)8-9(14)11-10(15-4)6-5-7-13-11/h5-7H,8H2,1-4H3. The van der Waals surface area contributed by atoms with Crippen molar-refractivity contribution >= 4 is 5.78 Å². The molecule has 1 heterocycles. The van der Waals surface area contributed by atoms with Gasteiger partial charge < -0.3 is 4.74 Å². The number of methoxy groups -OCH3 is 1. The number of rotatable bonds is 3. The molecule has 1 aromatic heterocycles. The maximum atomic E-state index is 11.9. The molecule has 15 heavy (non-hydrogen) atoms. The van der Waals surface area contributed by atoms with Gasteiger partial charge in [-0.1, -0.05) is 20.8 Å². The lowest BCUT2D eigenvalue weighted by atomic mass is 9.89. The molecule has 0 bridgehead atoms. The van der Waals surface area contributed by atoms with Gasteiger partial charge in [0.15, 0.2) is 5.78 Å². The van der Waals surface area contributed by atoms with Crippen molar-refractivity contribution in [3.05, 3.63) is 24.0 Å². The van der Waals surface area contributed by atoms with Crippen molar-refractivity contribution in [2.75, 3.05) is 7.11 Å². The number of pyridine rings is 1. The number of carbonyl (C=O) groups excluding carboxylic acids is 1. The highest BCUT2D eigenvalue weighted by molar-refractivity contribution is 5.97. The summed E-state index contributed by atoms with van der Waals surface area (Å²) in [5.74, 6) is 0.576. The van der Waals surface area contributed by atoms with E-state index in [1.165, 1.54) is 0 Å². The number of carbonyl (C=O) groups is 1. The minimum absolute atomic E-state index is 0.0277. The molecule has 3 heteroatoms. The fourth-order valence-corrected chi connectivity index (χ4v) is 1.33. The van der Waals surface area contributed by atoms with Crippen molar-refractivity contribution in [1.29, 1.82) is 0 Å². The van der Waals surface area contributed by atoms with E-state index in [0.717, 1.165) is 0 Å². The monoisotopic (exact) mass is 207 g/mol. The molecule has 0 fully saturated rings. The lowest BCUT2D eigenvalue weighted by Gasteiger charge is -2.17. The summed E-state index contributed by atoms with van der Waals surface area (Å²) < 4.78 is 5.10. The van der Waals surface area contributed by atoms with Crippen molar-refractivity contribution in [2.45, 2.75) is 27.2 Å². The van der Waals surface area contributed by atoms with Crippen LogP contribution in [0.1, 0.15) is 37.7 Å². The second-order valence-corrected chi connectivity index (χ2v) is 4.71. The van der Waals surface area contributed by atoms with Gasteiger partial charge in [-0.05, 0) is 17.5 Å². The summed E-state index contributed by atoms with van der Waals surface area (Å²) in [5.41, 5.74) is 0.398. The van der Waals surface area contributed by atoms with Crippen LogP contribution in [-0.4, -0.2) is 17.9 Å². The average Bonchev–Trinajstić information content (AvgIpc) is 2.15. The summed E-state index contributed by atoms with van der Waals surface area (Å²) in [4.78, 5) is 16.0. The highest BCUT2D eigenvalue weighted by atomic mass is 16.5. The summed E-state index contributed by atoms with van der Waals surface area (Å²) in [5, 5.41) is 0. The Morgan fingerprint density at radius 3 is 2.67 bits per heavy atom. The quantitative estimate of drug-likeness (QED) is 0.715. The van der Waals surface area contributed by atoms with Gasteiger partial charge in [0.2, 0.25) is 0 Å². The van der Waals surface area contributed by atoms with Crippen molar-refractivity contribution in [3.63, 3.8) is 0 Å². The first-order valence-electron chi connectivity index (χ1n) is 4.96. The van der Waals surface area contributed by atoms with Crippen LogP contribution in [0.2, 0.25) is 0 Å². The molecule has 0 saturated heterocycles. The fraction of sp³-hybridized carbons (Fsp3) is 0.500. The van der Waals surface area contributed by atoms with E-state index in [0.29, 0.717) is 17.9 Å². The lowest BCUT2D eigenvalue weighted by Crippen LogP contribution is -2.14. The third-order valence-electron chi connectivity index (χ3n) is 1.95. The van der Waals surface area contributed by atoms with Gasteiger partial charge in [0.05, 0.1) is 7.11 Å². The highest BCUT2D eigenvalue weighted by Crippen LogP contribution is 2.24. The Bertz CT molecular complexity index is 353. The van der Waals surface area contributed by atoms with Crippen molar-refractivity contribution in [3.8, 4) is 5.75 Å². The van der Waals surface area contributed by atoms with E-state index in [1.54, 1.807) is 25.4 Å². The third-order valence-corrected chi connectivity index (χ3v) is 1.95. The van der Waals surface area contributed by atoms with Gasteiger partial charge in [0.25, 0.3) is 0 Å². The van der Waals surface area contributed by atoms with Crippen LogP contribution in [0.3, 0.4) is 0 Å². The third kappa shape index (κ3) is 3.35. The zero-order chi connectivity index (χ0) is 11.5.